The van der Waals surface area contributed by atoms with Crippen LogP contribution in [0.1, 0.15) is 20.3 Å². The Morgan fingerprint density at radius 2 is 1.95 bits per heavy atom. The minimum atomic E-state index is -2.55. The number of pyridine rings is 1. The number of aromatic nitrogens is 2. The summed E-state index contributed by atoms with van der Waals surface area (Å²) in [6.07, 6.45) is 2.40. The molecular weight excluding hydrogens is 558 g/mol. The van der Waals surface area contributed by atoms with Gasteiger partial charge >= 0.3 is 6.03 Å². The molecule has 2 saturated heterocycles. The fraction of sp³-hybridized carbons (Fsp3) is 0.500. The number of halogens is 2. The van der Waals surface area contributed by atoms with Gasteiger partial charge in [0, 0.05) is 43.7 Å². The van der Waals surface area contributed by atoms with Crippen LogP contribution < -0.4 is 10.2 Å². The summed E-state index contributed by atoms with van der Waals surface area (Å²) >= 11 is 1.31. The summed E-state index contributed by atoms with van der Waals surface area (Å²) < 4.78 is 27.0. The number of Topliss-reactive ketones (excluding diaryl/α,β-unsaturated/α-hetero) is 1. The molecule has 216 valence electrons. The average molecular weight is 587 g/mol. The molecule has 3 aliphatic heterocycles. The highest BCUT2D eigenvalue weighted by Crippen LogP contribution is 2.59. The van der Waals surface area contributed by atoms with Gasteiger partial charge in [-0.05, 0) is 19.1 Å². The third-order valence-corrected chi connectivity index (χ3v) is 9.13. The normalized spacial score (nSPS) is 26.8. The number of ketones is 1. The van der Waals surface area contributed by atoms with Crippen molar-refractivity contribution >= 4 is 52.9 Å². The molecule has 2 aromatic rings. The number of thiazole rings is 1. The Hall–Kier alpha value is -4.01. The number of nitrogens with zero attached hydrogens (tertiary/aromatic N) is 7. The second-order valence-electron chi connectivity index (χ2n) is 10.7. The van der Waals surface area contributed by atoms with Gasteiger partial charge in [-0.15, -0.1) is 11.3 Å². The van der Waals surface area contributed by atoms with Crippen molar-refractivity contribution in [3.05, 3.63) is 23.7 Å². The standard InChI is InChI=1S/C26H28F2N8O4S/c1-4-15(37)8-35-24(39)20-21(33(3)25(35)40)30-12-36(20)13(2)22(38)31-18-11-41-23(32-18)14-5-6-19(29-7-14)34-9-16-17(10-34)26(16,27)28/h5-7,11-13,16-17,20-21H,4,8-10H2,1-3H3,(H,31,38)/t13-,16?,17?,20?,21?/m0/s1. The minimum Gasteiger partial charge on any atom is -0.356 e. The zero-order valence-electron chi connectivity index (χ0n) is 22.5. The van der Waals surface area contributed by atoms with Crippen LogP contribution in [-0.4, -0.2) is 105 Å². The lowest BCUT2D eigenvalue weighted by atomic mass is 10.1. The molecule has 5 atom stereocenters. The van der Waals surface area contributed by atoms with Gasteiger partial charge in [0.05, 0.1) is 24.7 Å². The molecule has 0 spiro atoms. The molecule has 4 unspecified atom stereocenters. The van der Waals surface area contributed by atoms with Crippen LogP contribution in [0, 0.1) is 11.8 Å². The van der Waals surface area contributed by atoms with Crippen LogP contribution in [0.2, 0.25) is 0 Å². The first-order chi connectivity index (χ1) is 19.5. The van der Waals surface area contributed by atoms with Gasteiger partial charge in [-0.25, -0.2) is 28.5 Å². The number of alkyl halides is 2. The van der Waals surface area contributed by atoms with Gasteiger partial charge in [-0.2, -0.15) is 0 Å². The van der Waals surface area contributed by atoms with Crippen LogP contribution in [0.5, 0.6) is 0 Å². The first kappa shape index (κ1) is 27.2. The van der Waals surface area contributed by atoms with E-state index in [-0.39, 0.29) is 18.7 Å². The number of hydrogen-bond donors (Lipinski definition) is 1. The van der Waals surface area contributed by atoms with Crippen molar-refractivity contribution in [2.24, 2.45) is 16.8 Å². The fourth-order valence-corrected chi connectivity index (χ4v) is 6.32. The largest absolute Gasteiger partial charge is 0.356 e. The van der Waals surface area contributed by atoms with Crippen molar-refractivity contribution in [3.8, 4) is 10.6 Å². The van der Waals surface area contributed by atoms with Crippen LogP contribution in [0.3, 0.4) is 0 Å². The van der Waals surface area contributed by atoms with Crippen LogP contribution in [0.15, 0.2) is 28.7 Å². The van der Waals surface area contributed by atoms with Crippen molar-refractivity contribution in [2.75, 3.05) is 36.9 Å². The van der Waals surface area contributed by atoms with Crippen LogP contribution >= 0.6 is 11.3 Å². The van der Waals surface area contributed by atoms with Crippen LogP contribution in [0.25, 0.3) is 10.6 Å². The highest BCUT2D eigenvalue weighted by atomic mass is 32.1. The van der Waals surface area contributed by atoms with Gasteiger partial charge in [0.1, 0.15) is 22.7 Å². The number of fused-ring (bicyclic) bond motifs is 2. The Balaban J connectivity index is 1.09. The smallest absolute Gasteiger partial charge is 0.328 e. The fourth-order valence-electron chi connectivity index (χ4n) is 5.58. The number of anilines is 2. The molecule has 4 aliphatic rings. The van der Waals surface area contributed by atoms with E-state index in [1.54, 1.807) is 31.5 Å². The molecular formula is C26H28F2N8O4S. The molecule has 0 bridgehead atoms. The molecule has 15 heteroatoms. The summed E-state index contributed by atoms with van der Waals surface area (Å²) in [4.78, 5) is 69.9. The number of carbonyl (C=O) groups is 4. The Morgan fingerprint density at radius 3 is 2.61 bits per heavy atom. The summed E-state index contributed by atoms with van der Waals surface area (Å²) in [6.45, 7) is 3.53. The van der Waals surface area contributed by atoms with E-state index in [4.69, 9.17) is 0 Å². The third kappa shape index (κ3) is 4.51. The number of urea groups is 1. The number of hydrogen-bond acceptors (Lipinski definition) is 10. The van der Waals surface area contributed by atoms with Crippen LogP contribution in [0.4, 0.5) is 25.2 Å². The number of likely N-dealkylation sites (N-methyl/N-ethyl adjacent to an activating group) is 1. The highest BCUT2D eigenvalue weighted by molar-refractivity contribution is 7.13. The van der Waals surface area contributed by atoms with Crippen molar-refractivity contribution in [1.82, 2.24) is 24.7 Å². The van der Waals surface area contributed by atoms with Gasteiger partial charge in [-0.3, -0.25) is 19.3 Å². The van der Waals surface area contributed by atoms with E-state index in [1.807, 2.05) is 11.0 Å². The van der Waals surface area contributed by atoms with Crippen molar-refractivity contribution in [3.63, 3.8) is 0 Å². The van der Waals surface area contributed by atoms with E-state index in [0.717, 1.165) is 10.5 Å². The second kappa shape index (κ2) is 9.82. The van der Waals surface area contributed by atoms with E-state index < -0.39 is 53.9 Å². The van der Waals surface area contributed by atoms with Gasteiger partial charge in [-0.1, -0.05) is 6.92 Å². The molecule has 1 aliphatic carbocycles. The maximum atomic E-state index is 13.5. The lowest BCUT2D eigenvalue weighted by molar-refractivity contribution is -0.141. The number of nitrogens with one attached hydrogen (secondary N) is 1. The predicted octanol–water partition coefficient (Wildman–Crippen LogP) is 2.15. The topological polar surface area (TPSA) is 131 Å². The first-order valence-electron chi connectivity index (χ1n) is 13.3. The summed E-state index contributed by atoms with van der Waals surface area (Å²) in [5.41, 5.74) is 0.721. The second-order valence-corrected chi connectivity index (χ2v) is 11.5. The number of carbonyl (C=O) groups excluding carboxylic acids is 4. The summed E-state index contributed by atoms with van der Waals surface area (Å²) in [7, 11) is 1.51. The molecule has 0 radical (unpaired) electrons. The Kier molecular flexibility index (Phi) is 6.51. The highest BCUT2D eigenvalue weighted by Gasteiger charge is 2.71. The monoisotopic (exact) mass is 586 g/mol. The maximum absolute atomic E-state index is 13.5. The zero-order valence-corrected chi connectivity index (χ0v) is 23.3. The molecule has 3 fully saturated rings. The molecule has 0 aromatic carbocycles. The molecule has 41 heavy (non-hydrogen) atoms. The minimum absolute atomic E-state index is 0.185. The molecule has 12 nitrogen and oxygen atoms in total. The van der Waals surface area contributed by atoms with Gasteiger partial charge < -0.3 is 20.0 Å². The van der Waals surface area contributed by atoms with Crippen molar-refractivity contribution in [2.45, 2.75) is 44.4 Å². The van der Waals surface area contributed by atoms with Crippen molar-refractivity contribution < 1.29 is 28.0 Å². The number of piperidine rings is 1. The zero-order chi connectivity index (χ0) is 29.2. The first-order valence-corrected chi connectivity index (χ1v) is 14.1. The summed E-state index contributed by atoms with van der Waals surface area (Å²) in [5.74, 6) is -4.03. The van der Waals surface area contributed by atoms with Gasteiger partial charge in [0.15, 0.2) is 18.0 Å². The molecule has 6 rings (SSSR count). The van der Waals surface area contributed by atoms with Crippen LogP contribution in [-0.2, 0) is 14.4 Å². The Morgan fingerprint density at radius 1 is 1.22 bits per heavy atom. The molecule has 5 heterocycles. The maximum Gasteiger partial charge on any atom is 0.328 e. The number of amides is 4. The average Bonchev–Trinajstić information content (AvgIpc) is 3.55. The molecule has 1 N–H and O–H groups in total. The molecule has 1 saturated carbocycles. The van der Waals surface area contributed by atoms with Crippen molar-refractivity contribution in [1.29, 1.82) is 0 Å². The SMILES string of the molecule is CCC(=O)CN1C(=O)C2C(N=CN2[C@@H](C)C(=O)Nc2csc(-c3ccc(N4CC5C(C4)C5(F)F)nc3)n2)N(C)C1=O. The van der Waals surface area contributed by atoms with Gasteiger partial charge in [0.25, 0.3) is 11.8 Å². The van der Waals surface area contributed by atoms with E-state index in [0.29, 0.717) is 29.7 Å². The third-order valence-electron chi connectivity index (χ3n) is 8.23. The van der Waals surface area contributed by atoms with E-state index in [2.05, 4.69) is 20.3 Å². The summed E-state index contributed by atoms with van der Waals surface area (Å²) in [6, 6.07) is 1.22. The van der Waals surface area contributed by atoms with Gasteiger partial charge in [0.2, 0.25) is 5.91 Å². The molecule has 2 aromatic heterocycles. The lowest BCUT2D eigenvalue weighted by Crippen LogP contribution is -2.66. The summed E-state index contributed by atoms with van der Waals surface area (Å²) in [5, 5.41) is 5.06. The van der Waals surface area contributed by atoms with E-state index in [1.165, 1.54) is 34.5 Å². The molecule has 4 amide bonds. The number of rotatable bonds is 8. The lowest BCUT2D eigenvalue weighted by Gasteiger charge is -2.42. The Bertz CT molecular complexity index is 1440. The quantitative estimate of drug-likeness (QED) is 0.498. The predicted molar refractivity (Wildman–Crippen MR) is 146 cm³/mol. The van der Waals surface area contributed by atoms with E-state index in [9.17, 15) is 28.0 Å². The number of aliphatic imine (C=N–C) groups is 1. The Labute approximate surface area is 238 Å². The number of imide groups is 1. The van der Waals surface area contributed by atoms with E-state index >= 15 is 0 Å².